The molecule has 3 N–H and O–H groups in total. The molecule has 0 fully saturated rings. The fourth-order valence-electron chi connectivity index (χ4n) is 2.74. The highest BCUT2D eigenvalue weighted by Crippen LogP contribution is 2.16. The van der Waals surface area contributed by atoms with Crippen molar-refractivity contribution in [1.82, 2.24) is 15.3 Å². The Bertz CT molecular complexity index is 855. The number of imidazole rings is 1. The van der Waals surface area contributed by atoms with Gasteiger partial charge in [0, 0.05) is 19.4 Å². The molecular formula is C19H21N3O2. The molecule has 1 amide bonds. The minimum Gasteiger partial charge on any atom is -0.392 e. The van der Waals surface area contributed by atoms with Gasteiger partial charge in [0.05, 0.1) is 17.6 Å². The van der Waals surface area contributed by atoms with Gasteiger partial charge in [0.1, 0.15) is 5.82 Å². The van der Waals surface area contributed by atoms with E-state index in [1.165, 1.54) is 0 Å². The molecule has 124 valence electrons. The molecular weight excluding hydrogens is 302 g/mol. The van der Waals surface area contributed by atoms with Crippen molar-refractivity contribution >= 4 is 16.9 Å². The number of hydrogen-bond donors (Lipinski definition) is 3. The van der Waals surface area contributed by atoms with Crippen LogP contribution in [0.2, 0.25) is 0 Å². The van der Waals surface area contributed by atoms with Crippen LogP contribution in [0.1, 0.15) is 28.9 Å². The molecule has 0 saturated heterocycles. The maximum absolute atomic E-state index is 12.1. The molecule has 5 nitrogen and oxygen atoms in total. The lowest BCUT2D eigenvalue weighted by Crippen LogP contribution is -2.23. The number of aliphatic hydroxyl groups excluding tert-OH is 1. The number of benzene rings is 2. The van der Waals surface area contributed by atoms with Crippen molar-refractivity contribution in [3.63, 3.8) is 0 Å². The number of nitrogens with zero attached hydrogens (tertiary/aromatic N) is 1. The van der Waals surface area contributed by atoms with Crippen molar-refractivity contribution < 1.29 is 9.90 Å². The first-order chi connectivity index (χ1) is 11.7. The van der Waals surface area contributed by atoms with E-state index in [4.69, 9.17) is 0 Å². The van der Waals surface area contributed by atoms with Crippen LogP contribution in [0.4, 0.5) is 0 Å². The van der Waals surface area contributed by atoms with E-state index in [1.54, 1.807) is 0 Å². The molecule has 0 aliphatic rings. The second-order valence-electron chi connectivity index (χ2n) is 5.86. The molecule has 1 heterocycles. The zero-order valence-corrected chi connectivity index (χ0v) is 13.7. The van der Waals surface area contributed by atoms with E-state index in [2.05, 4.69) is 15.3 Å². The number of aromatic amines is 1. The molecule has 3 rings (SSSR count). The van der Waals surface area contributed by atoms with Crippen LogP contribution < -0.4 is 5.32 Å². The maximum atomic E-state index is 12.1. The van der Waals surface area contributed by atoms with Crippen LogP contribution in [-0.4, -0.2) is 21.0 Å². The largest absolute Gasteiger partial charge is 0.392 e. The van der Waals surface area contributed by atoms with Gasteiger partial charge in [-0.2, -0.15) is 0 Å². The Morgan fingerprint density at radius 3 is 2.71 bits per heavy atom. The van der Waals surface area contributed by atoms with Gasteiger partial charge < -0.3 is 15.4 Å². The Kier molecular flexibility index (Phi) is 4.91. The lowest BCUT2D eigenvalue weighted by molar-refractivity contribution is -0.121. The zero-order valence-electron chi connectivity index (χ0n) is 13.7. The maximum Gasteiger partial charge on any atom is 0.220 e. The highest BCUT2D eigenvalue weighted by atomic mass is 16.3. The molecule has 0 radical (unpaired) electrons. The quantitative estimate of drug-likeness (QED) is 0.652. The molecule has 5 heteroatoms. The number of carbonyl (C=O) groups is 1. The number of aromatic nitrogens is 2. The van der Waals surface area contributed by atoms with Crippen LogP contribution in [0.25, 0.3) is 11.0 Å². The van der Waals surface area contributed by atoms with E-state index < -0.39 is 0 Å². The van der Waals surface area contributed by atoms with Crippen molar-refractivity contribution in [3.8, 4) is 0 Å². The molecule has 3 aromatic rings. The van der Waals surface area contributed by atoms with Crippen molar-refractivity contribution in [2.75, 3.05) is 0 Å². The Morgan fingerprint density at radius 2 is 1.96 bits per heavy atom. The molecule has 0 bridgehead atoms. The van der Waals surface area contributed by atoms with Crippen LogP contribution in [0.3, 0.4) is 0 Å². The van der Waals surface area contributed by atoms with Crippen molar-refractivity contribution in [3.05, 3.63) is 65.0 Å². The van der Waals surface area contributed by atoms with Crippen molar-refractivity contribution in [1.29, 1.82) is 0 Å². The summed E-state index contributed by atoms with van der Waals surface area (Å²) in [4.78, 5) is 19.9. The van der Waals surface area contributed by atoms with Gasteiger partial charge in [-0.05, 0) is 29.7 Å². The second-order valence-corrected chi connectivity index (χ2v) is 5.86. The van der Waals surface area contributed by atoms with Gasteiger partial charge in [-0.25, -0.2) is 4.98 Å². The van der Waals surface area contributed by atoms with E-state index in [1.807, 2.05) is 49.4 Å². The average molecular weight is 323 g/mol. The molecule has 0 saturated carbocycles. The molecule has 1 aromatic heterocycles. The molecule has 0 aliphatic carbocycles. The fourth-order valence-corrected chi connectivity index (χ4v) is 2.74. The van der Waals surface area contributed by atoms with E-state index in [-0.39, 0.29) is 12.5 Å². The van der Waals surface area contributed by atoms with E-state index in [0.29, 0.717) is 19.4 Å². The molecule has 0 atom stereocenters. The summed E-state index contributed by atoms with van der Waals surface area (Å²) in [5.41, 5.74) is 4.87. The number of para-hydroxylation sites is 1. The molecule has 2 aromatic carbocycles. The van der Waals surface area contributed by atoms with Gasteiger partial charge >= 0.3 is 0 Å². The normalized spacial score (nSPS) is 10.9. The fraction of sp³-hybridized carbons (Fsp3) is 0.263. The third-order valence-corrected chi connectivity index (χ3v) is 4.12. The van der Waals surface area contributed by atoms with Gasteiger partial charge in [-0.15, -0.1) is 0 Å². The summed E-state index contributed by atoms with van der Waals surface area (Å²) in [6.07, 6.45) is 0.946. The first-order valence-corrected chi connectivity index (χ1v) is 8.06. The molecule has 0 aliphatic heterocycles. The van der Waals surface area contributed by atoms with E-state index >= 15 is 0 Å². The highest BCUT2D eigenvalue weighted by molar-refractivity contribution is 5.79. The average Bonchev–Trinajstić information content (AvgIpc) is 3.03. The van der Waals surface area contributed by atoms with Gasteiger partial charge in [-0.1, -0.05) is 36.4 Å². The Labute approximate surface area is 140 Å². The number of H-pyrrole nitrogens is 1. The first kappa shape index (κ1) is 16.2. The van der Waals surface area contributed by atoms with Gasteiger partial charge in [0.25, 0.3) is 0 Å². The van der Waals surface area contributed by atoms with Crippen LogP contribution in [0.15, 0.2) is 42.5 Å². The first-order valence-electron chi connectivity index (χ1n) is 8.06. The SMILES string of the molecule is Cc1cccc2[nH]c(CCC(=O)NCc3ccccc3CO)nc12. The number of nitrogens with one attached hydrogen (secondary N) is 2. The number of fused-ring (bicyclic) bond motifs is 1. The summed E-state index contributed by atoms with van der Waals surface area (Å²) in [6, 6.07) is 13.6. The Morgan fingerprint density at radius 1 is 1.17 bits per heavy atom. The summed E-state index contributed by atoms with van der Waals surface area (Å²) >= 11 is 0. The monoisotopic (exact) mass is 323 g/mol. The minimum absolute atomic E-state index is 0.0234. The second kappa shape index (κ2) is 7.27. The third kappa shape index (κ3) is 3.63. The van der Waals surface area contributed by atoms with Crippen LogP contribution in [0.5, 0.6) is 0 Å². The lowest BCUT2D eigenvalue weighted by Gasteiger charge is -2.08. The number of hydrogen-bond acceptors (Lipinski definition) is 3. The zero-order chi connectivity index (χ0) is 16.9. The standard InChI is InChI=1S/C19H21N3O2/c1-13-5-4-8-16-19(13)22-17(21-16)9-10-18(24)20-11-14-6-2-3-7-15(14)12-23/h2-8,23H,9-12H2,1H3,(H,20,24)(H,21,22). The Hall–Kier alpha value is -2.66. The number of aryl methyl sites for hydroxylation is 2. The summed E-state index contributed by atoms with van der Waals surface area (Å²) in [5.74, 6) is 0.796. The predicted molar refractivity (Wildman–Crippen MR) is 93.4 cm³/mol. The van der Waals surface area contributed by atoms with Crippen LogP contribution in [-0.2, 0) is 24.4 Å². The molecule has 0 unspecified atom stereocenters. The third-order valence-electron chi connectivity index (χ3n) is 4.12. The molecule has 0 spiro atoms. The lowest BCUT2D eigenvalue weighted by atomic mass is 10.1. The summed E-state index contributed by atoms with van der Waals surface area (Å²) in [6.45, 7) is 2.43. The number of carbonyl (C=O) groups excluding carboxylic acids is 1. The Balaban J connectivity index is 1.56. The number of aliphatic hydroxyl groups is 1. The summed E-state index contributed by atoms with van der Waals surface area (Å²) < 4.78 is 0. The van der Waals surface area contributed by atoms with Crippen molar-refractivity contribution in [2.24, 2.45) is 0 Å². The van der Waals surface area contributed by atoms with Crippen LogP contribution >= 0.6 is 0 Å². The van der Waals surface area contributed by atoms with Gasteiger partial charge in [0.2, 0.25) is 5.91 Å². The summed E-state index contributed by atoms with van der Waals surface area (Å²) in [5, 5.41) is 12.2. The van der Waals surface area contributed by atoms with E-state index in [9.17, 15) is 9.90 Å². The number of amides is 1. The smallest absolute Gasteiger partial charge is 0.220 e. The predicted octanol–water partition coefficient (Wildman–Crippen LogP) is 2.61. The van der Waals surface area contributed by atoms with Crippen molar-refractivity contribution in [2.45, 2.75) is 32.9 Å². The number of rotatable bonds is 6. The van der Waals surface area contributed by atoms with Crippen LogP contribution in [0, 0.1) is 6.92 Å². The molecule has 24 heavy (non-hydrogen) atoms. The van der Waals surface area contributed by atoms with Gasteiger partial charge in [0.15, 0.2) is 0 Å². The summed E-state index contributed by atoms with van der Waals surface area (Å²) in [7, 11) is 0. The van der Waals surface area contributed by atoms with E-state index in [0.717, 1.165) is 33.5 Å². The van der Waals surface area contributed by atoms with Gasteiger partial charge in [-0.3, -0.25) is 4.79 Å². The highest BCUT2D eigenvalue weighted by Gasteiger charge is 2.08. The topological polar surface area (TPSA) is 78.0 Å². The minimum atomic E-state index is -0.0279.